The second kappa shape index (κ2) is 9.05. The first-order valence-corrected chi connectivity index (χ1v) is 8.97. The van der Waals surface area contributed by atoms with Crippen LogP contribution in [0.15, 0.2) is 82.4 Å². The first-order chi connectivity index (χ1) is 13.5. The van der Waals surface area contributed by atoms with Crippen molar-refractivity contribution in [3.05, 3.63) is 99.8 Å². The Bertz CT molecular complexity index is 1020. The zero-order chi connectivity index (χ0) is 19.9. The number of carbonyl (C=O) groups excluding carboxylic acids is 2. The average Bonchev–Trinajstić information content (AvgIpc) is 2.69. The molecule has 0 bridgehead atoms. The Hall–Kier alpha value is -3.32. The lowest BCUT2D eigenvalue weighted by molar-refractivity contribution is 0.0734. The highest BCUT2D eigenvalue weighted by Crippen LogP contribution is 2.16. The summed E-state index contributed by atoms with van der Waals surface area (Å²) in [4.78, 5) is 24.0. The molecule has 1 N–H and O–H groups in total. The number of hydrogen-bond acceptors (Lipinski definition) is 4. The van der Waals surface area contributed by atoms with Crippen molar-refractivity contribution >= 4 is 34.0 Å². The van der Waals surface area contributed by atoms with Crippen LogP contribution >= 0.6 is 15.9 Å². The molecule has 7 heteroatoms. The van der Waals surface area contributed by atoms with Gasteiger partial charge in [0.15, 0.2) is 0 Å². The lowest BCUT2D eigenvalue weighted by atomic mass is 10.2. The number of nitrogens with one attached hydrogen (secondary N) is 1. The molecular weight excluding hydrogens is 427 g/mol. The first-order valence-electron chi connectivity index (χ1n) is 8.18. The molecule has 0 saturated carbocycles. The Balaban J connectivity index is 1.56. The van der Waals surface area contributed by atoms with E-state index < -0.39 is 17.7 Å². The predicted molar refractivity (Wildman–Crippen MR) is 107 cm³/mol. The maximum Gasteiger partial charge on any atom is 0.343 e. The Kier molecular flexibility index (Phi) is 6.29. The fraction of sp³-hybridized carbons (Fsp3) is 0. The van der Waals surface area contributed by atoms with Gasteiger partial charge in [0.1, 0.15) is 11.6 Å². The minimum absolute atomic E-state index is 0.299. The summed E-state index contributed by atoms with van der Waals surface area (Å²) >= 11 is 3.31. The van der Waals surface area contributed by atoms with Crippen LogP contribution in [0.25, 0.3) is 0 Å². The van der Waals surface area contributed by atoms with Crippen molar-refractivity contribution < 1.29 is 18.7 Å². The molecule has 5 nitrogen and oxygen atoms in total. The van der Waals surface area contributed by atoms with E-state index in [2.05, 4.69) is 26.5 Å². The second-order valence-electron chi connectivity index (χ2n) is 5.67. The Morgan fingerprint density at radius 2 is 1.68 bits per heavy atom. The second-order valence-corrected chi connectivity index (χ2v) is 6.59. The van der Waals surface area contributed by atoms with Gasteiger partial charge >= 0.3 is 5.97 Å². The quantitative estimate of drug-likeness (QED) is 0.273. The van der Waals surface area contributed by atoms with Crippen molar-refractivity contribution in [3.8, 4) is 5.75 Å². The van der Waals surface area contributed by atoms with E-state index in [1.807, 2.05) is 6.07 Å². The molecular formula is C21H14BrFN2O3. The van der Waals surface area contributed by atoms with E-state index in [1.54, 1.807) is 42.5 Å². The fourth-order valence-corrected chi connectivity index (χ4v) is 2.63. The summed E-state index contributed by atoms with van der Waals surface area (Å²) in [7, 11) is 0. The number of hydrazone groups is 1. The predicted octanol–water partition coefficient (Wildman–Crippen LogP) is 4.57. The molecule has 0 heterocycles. The third-order valence-corrected chi connectivity index (χ3v) is 4.13. The highest BCUT2D eigenvalue weighted by molar-refractivity contribution is 9.10. The van der Waals surface area contributed by atoms with Gasteiger partial charge in [0, 0.05) is 10.0 Å². The number of esters is 1. The highest BCUT2D eigenvalue weighted by Gasteiger charge is 2.08. The summed E-state index contributed by atoms with van der Waals surface area (Å²) in [6, 6.07) is 18.7. The number of ether oxygens (including phenoxy) is 1. The van der Waals surface area contributed by atoms with E-state index in [0.29, 0.717) is 22.4 Å². The van der Waals surface area contributed by atoms with Crippen LogP contribution in [0.1, 0.15) is 26.3 Å². The summed E-state index contributed by atoms with van der Waals surface area (Å²) < 4.78 is 19.0. The summed E-state index contributed by atoms with van der Waals surface area (Å²) in [5.41, 5.74) is 3.79. The van der Waals surface area contributed by atoms with Gasteiger partial charge in [-0.2, -0.15) is 5.10 Å². The molecule has 0 radical (unpaired) electrons. The van der Waals surface area contributed by atoms with Crippen molar-refractivity contribution in [1.29, 1.82) is 0 Å². The normalized spacial score (nSPS) is 10.6. The topological polar surface area (TPSA) is 67.8 Å². The summed E-state index contributed by atoms with van der Waals surface area (Å²) in [6.45, 7) is 0. The number of benzene rings is 3. The molecule has 0 atom stereocenters. The van der Waals surface area contributed by atoms with E-state index in [4.69, 9.17) is 4.74 Å². The fourth-order valence-electron chi connectivity index (χ4n) is 2.23. The van der Waals surface area contributed by atoms with E-state index in [-0.39, 0.29) is 0 Å². The molecule has 0 aliphatic carbocycles. The van der Waals surface area contributed by atoms with Crippen LogP contribution in [-0.4, -0.2) is 18.1 Å². The van der Waals surface area contributed by atoms with Gasteiger partial charge in [-0.25, -0.2) is 14.6 Å². The van der Waals surface area contributed by atoms with Gasteiger partial charge in [0.2, 0.25) is 0 Å². The van der Waals surface area contributed by atoms with Crippen molar-refractivity contribution in [2.24, 2.45) is 5.10 Å². The van der Waals surface area contributed by atoms with Gasteiger partial charge in [-0.05, 0) is 72.3 Å². The van der Waals surface area contributed by atoms with E-state index in [0.717, 1.165) is 4.47 Å². The lowest BCUT2D eigenvalue weighted by Crippen LogP contribution is -2.17. The van der Waals surface area contributed by atoms with Crippen LogP contribution < -0.4 is 10.2 Å². The molecule has 0 fully saturated rings. The SMILES string of the molecule is O=C(N/N=C\c1ccc(OC(=O)c2cccc(Br)c2)cc1)c1ccc(F)cc1. The van der Waals surface area contributed by atoms with Gasteiger partial charge in [-0.1, -0.05) is 22.0 Å². The van der Waals surface area contributed by atoms with Crippen molar-refractivity contribution in [2.75, 3.05) is 0 Å². The molecule has 3 aromatic rings. The van der Waals surface area contributed by atoms with Gasteiger partial charge in [0.25, 0.3) is 5.91 Å². The number of halogens is 2. The molecule has 0 spiro atoms. The maximum atomic E-state index is 12.9. The molecule has 0 aliphatic rings. The van der Waals surface area contributed by atoms with Gasteiger partial charge in [-0.3, -0.25) is 4.79 Å². The summed E-state index contributed by atoms with van der Waals surface area (Å²) in [5, 5.41) is 3.86. The molecule has 0 aliphatic heterocycles. The largest absolute Gasteiger partial charge is 0.423 e. The van der Waals surface area contributed by atoms with E-state index >= 15 is 0 Å². The molecule has 28 heavy (non-hydrogen) atoms. The lowest BCUT2D eigenvalue weighted by Gasteiger charge is -2.05. The summed E-state index contributed by atoms with van der Waals surface area (Å²) in [6.07, 6.45) is 1.45. The minimum atomic E-state index is -0.464. The molecule has 140 valence electrons. The third-order valence-electron chi connectivity index (χ3n) is 3.64. The van der Waals surface area contributed by atoms with E-state index in [9.17, 15) is 14.0 Å². The minimum Gasteiger partial charge on any atom is -0.423 e. The smallest absolute Gasteiger partial charge is 0.343 e. The zero-order valence-electron chi connectivity index (χ0n) is 14.4. The van der Waals surface area contributed by atoms with Crippen LogP contribution in [0.2, 0.25) is 0 Å². The van der Waals surface area contributed by atoms with Gasteiger partial charge < -0.3 is 4.74 Å². The monoisotopic (exact) mass is 440 g/mol. The van der Waals surface area contributed by atoms with Crippen LogP contribution in [0.3, 0.4) is 0 Å². The van der Waals surface area contributed by atoms with Gasteiger partial charge in [0.05, 0.1) is 11.8 Å². The molecule has 0 saturated heterocycles. The molecule has 3 rings (SSSR count). The van der Waals surface area contributed by atoms with Crippen LogP contribution in [0.5, 0.6) is 5.75 Å². The molecule has 1 amide bonds. The third kappa shape index (κ3) is 5.34. The molecule has 0 unspecified atom stereocenters. The van der Waals surface area contributed by atoms with Crippen LogP contribution in [0, 0.1) is 5.82 Å². The van der Waals surface area contributed by atoms with Crippen molar-refractivity contribution in [3.63, 3.8) is 0 Å². The number of carbonyl (C=O) groups is 2. The first kappa shape index (κ1) is 19.4. The molecule has 3 aromatic carbocycles. The van der Waals surface area contributed by atoms with Crippen LogP contribution in [0.4, 0.5) is 4.39 Å². The summed E-state index contributed by atoms with van der Waals surface area (Å²) in [5.74, 6) is -0.941. The maximum absolute atomic E-state index is 12.9. The number of rotatable bonds is 5. The number of hydrogen-bond donors (Lipinski definition) is 1. The number of amides is 1. The zero-order valence-corrected chi connectivity index (χ0v) is 16.0. The molecule has 0 aromatic heterocycles. The van der Waals surface area contributed by atoms with Crippen molar-refractivity contribution in [1.82, 2.24) is 5.43 Å². The van der Waals surface area contributed by atoms with Crippen LogP contribution in [-0.2, 0) is 0 Å². The standard InChI is InChI=1S/C21H14BrFN2O3/c22-17-3-1-2-16(12-17)21(27)28-19-10-4-14(5-11-19)13-24-25-20(26)15-6-8-18(23)9-7-15/h1-13H,(H,25,26)/b24-13-. The van der Waals surface area contributed by atoms with E-state index in [1.165, 1.54) is 30.5 Å². The Labute approximate surface area is 169 Å². The number of nitrogens with zero attached hydrogens (tertiary/aromatic N) is 1. The Morgan fingerprint density at radius 3 is 2.36 bits per heavy atom. The van der Waals surface area contributed by atoms with Gasteiger partial charge in [-0.15, -0.1) is 0 Å². The Morgan fingerprint density at radius 1 is 0.964 bits per heavy atom. The highest BCUT2D eigenvalue weighted by atomic mass is 79.9. The van der Waals surface area contributed by atoms with Crippen molar-refractivity contribution in [2.45, 2.75) is 0 Å². The average molecular weight is 441 g/mol.